The first kappa shape index (κ1) is 25.0. The van der Waals surface area contributed by atoms with Crippen molar-refractivity contribution in [2.24, 2.45) is 0 Å². The molecule has 0 bridgehead atoms. The number of carbonyl (C=O) groups is 2. The molecule has 6 nitrogen and oxygen atoms in total. The van der Waals surface area contributed by atoms with Crippen LogP contribution in [0.5, 0.6) is 0 Å². The van der Waals surface area contributed by atoms with E-state index in [0.29, 0.717) is 17.1 Å². The Morgan fingerprint density at radius 1 is 0.917 bits per heavy atom. The van der Waals surface area contributed by atoms with E-state index in [1.165, 1.54) is 18.2 Å². The van der Waals surface area contributed by atoms with Crippen molar-refractivity contribution in [3.8, 4) is 0 Å². The smallest absolute Gasteiger partial charge is 0.397 e. The van der Waals surface area contributed by atoms with E-state index < -0.39 is 17.8 Å². The SMILES string of the molecule is Nc1ccccc1NC(=O)/C=C/c1ccc(C(C(=O)Nc2ccc(C(F)(F)F)cc2)N2CCC2)cc1. The molecule has 36 heavy (non-hydrogen) atoms. The Balaban J connectivity index is 1.43. The van der Waals surface area contributed by atoms with Crippen LogP contribution in [0.25, 0.3) is 6.08 Å². The zero-order valence-corrected chi connectivity index (χ0v) is 19.3. The summed E-state index contributed by atoms with van der Waals surface area (Å²) in [6.45, 7) is 1.49. The molecule has 2 amide bonds. The van der Waals surface area contributed by atoms with Crippen molar-refractivity contribution >= 4 is 35.0 Å². The number of nitrogens with one attached hydrogen (secondary N) is 2. The molecule has 0 spiro atoms. The molecule has 1 unspecified atom stereocenters. The monoisotopic (exact) mass is 494 g/mol. The number of anilines is 3. The fourth-order valence-corrected chi connectivity index (χ4v) is 3.83. The first-order valence-corrected chi connectivity index (χ1v) is 11.4. The van der Waals surface area contributed by atoms with Crippen LogP contribution in [0, 0.1) is 0 Å². The van der Waals surface area contributed by atoms with Gasteiger partial charge in [-0.15, -0.1) is 0 Å². The van der Waals surface area contributed by atoms with Crippen molar-refractivity contribution in [2.75, 3.05) is 29.5 Å². The highest BCUT2D eigenvalue weighted by molar-refractivity contribution is 6.03. The van der Waals surface area contributed by atoms with Gasteiger partial charge in [0, 0.05) is 24.9 Å². The van der Waals surface area contributed by atoms with Crippen LogP contribution in [0.4, 0.5) is 30.2 Å². The van der Waals surface area contributed by atoms with Gasteiger partial charge in [-0.2, -0.15) is 13.2 Å². The highest BCUT2D eigenvalue weighted by Gasteiger charge is 2.32. The Hall–Kier alpha value is -4.11. The van der Waals surface area contributed by atoms with Gasteiger partial charge >= 0.3 is 6.18 Å². The number of alkyl halides is 3. The third-order valence-electron chi connectivity index (χ3n) is 5.88. The molecule has 0 radical (unpaired) electrons. The average Bonchev–Trinajstić information content (AvgIpc) is 2.81. The van der Waals surface area contributed by atoms with E-state index in [0.717, 1.165) is 42.8 Å². The highest BCUT2D eigenvalue weighted by atomic mass is 19.4. The molecular formula is C27H25F3N4O2. The standard InChI is InChI=1S/C27H25F3N4O2/c28-27(29,30)20-11-13-21(14-12-20)32-26(36)25(34-16-3-17-34)19-9-6-18(7-10-19)8-15-24(35)33-23-5-2-1-4-22(23)31/h1-2,4-15,25H,3,16-17,31H2,(H,32,36)(H,33,35)/b15-8+. The number of hydrogen-bond donors (Lipinski definition) is 3. The van der Waals surface area contributed by atoms with Gasteiger partial charge in [-0.3, -0.25) is 14.5 Å². The van der Waals surface area contributed by atoms with Gasteiger partial charge in [0.2, 0.25) is 11.8 Å². The summed E-state index contributed by atoms with van der Waals surface area (Å²) >= 11 is 0. The Morgan fingerprint density at radius 2 is 1.58 bits per heavy atom. The summed E-state index contributed by atoms with van der Waals surface area (Å²) in [5.74, 6) is -0.649. The third kappa shape index (κ3) is 6.11. The van der Waals surface area contributed by atoms with Gasteiger partial charge in [0.1, 0.15) is 6.04 Å². The van der Waals surface area contributed by atoms with Gasteiger partial charge in [-0.25, -0.2) is 0 Å². The lowest BCUT2D eigenvalue weighted by molar-refractivity contribution is -0.137. The summed E-state index contributed by atoms with van der Waals surface area (Å²) in [4.78, 5) is 27.3. The molecule has 0 aliphatic carbocycles. The highest BCUT2D eigenvalue weighted by Crippen LogP contribution is 2.31. The van der Waals surface area contributed by atoms with Gasteiger partial charge in [-0.1, -0.05) is 36.4 Å². The summed E-state index contributed by atoms with van der Waals surface area (Å²) in [5.41, 5.74) is 7.87. The van der Waals surface area contributed by atoms with Crippen molar-refractivity contribution in [3.05, 3.63) is 95.6 Å². The van der Waals surface area contributed by atoms with Crippen LogP contribution in [0.1, 0.15) is 29.2 Å². The molecule has 1 aliphatic rings. The summed E-state index contributed by atoms with van der Waals surface area (Å²) in [7, 11) is 0. The molecule has 4 N–H and O–H groups in total. The van der Waals surface area contributed by atoms with Gasteiger partial charge in [0.05, 0.1) is 16.9 Å². The van der Waals surface area contributed by atoms with Crippen molar-refractivity contribution in [2.45, 2.75) is 18.6 Å². The number of para-hydroxylation sites is 2. The molecule has 1 heterocycles. The van der Waals surface area contributed by atoms with Crippen molar-refractivity contribution < 1.29 is 22.8 Å². The number of carbonyl (C=O) groups excluding carboxylic acids is 2. The summed E-state index contributed by atoms with van der Waals surface area (Å²) in [6, 6.07) is 18.0. The number of halogens is 3. The molecule has 3 aromatic rings. The fraction of sp³-hybridized carbons (Fsp3) is 0.185. The van der Waals surface area contributed by atoms with E-state index in [9.17, 15) is 22.8 Å². The first-order chi connectivity index (χ1) is 17.2. The van der Waals surface area contributed by atoms with E-state index in [1.807, 2.05) is 17.0 Å². The van der Waals surface area contributed by atoms with Crippen LogP contribution in [0.2, 0.25) is 0 Å². The van der Waals surface area contributed by atoms with Crippen LogP contribution in [0.15, 0.2) is 78.9 Å². The minimum Gasteiger partial charge on any atom is -0.397 e. The Kier molecular flexibility index (Phi) is 7.40. The number of amides is 2. The molecular weight excluding hydrogens is 469 g/mol. The van der Waals surface area contributed by atoms with Crippen molar-refractivity contribution in [3.63, 3.8) is 0 Å². The zero-order valence-electron chi connectivity index (χ0n) is 19.3. The number of rotatable bonds is 7. The number of nitrogens with zero attached hydrogens (tertiary/aromatic N) is 1. The topological polar surface area (TPSA) is 87.5 Å². The number of hydrogen-bond acceptors (Lipinski definition) is 4. The van der Waals surface area contributed by atoms with Gasteiger partial charge in [-0.05, 0) is 60.0 Å². The molecule has 0 aromatic heterocycles. The zero-order chi connectivity index (χ0) is 25.7. The maximum Gasteiger partial charge on any atom is 0.416 e. The minimum atomic E-state index is -4.44. The van der Waals surface area contributed by atoms with E-state index in [-0.39, 0.29) is 11.8 Å². The largest absolute Gasteiger partial charge is 0.416 e. The second-order valence-electron chi connectivity index (χ2n) is 8.43. The Morgan fingerprint density at radius 3 is 2.17 bits per heavy atom. The van der Waals surface area contributed by atoms with E-state index in [4.69, 9.17) is 5.73 Å². The number of nitrogens with two attached hydrogens (primary N) is 1. The molecule has 9 heteroatoms. The quantitative estimate of drug-likeness (QED) is 0.306. The number of nitrogen functional groups attached to an aromatic ring is 1. The summed E-state index contributed by atoms with van der Waals surface area (Å²) < 4.78 is 38.4. The van der Waals surface area contributed by atoms with Crippen molar-refractivity contribution in [1.82, 2.24) is 4.90 Å². The molecule has 0 saturated carbocycles. The van der Waals surface area contributed by atoms with Crippen molar-refractivity contribution in [1.29, 1.82) is 0 Å². The predicted molar refractivity (Wildman–Crippen MR) is 134 cm³/mol. The normalized spacial score (nSPS) is 14.8. The van der Waals surface area contributed by atoms with E-state index in [1.54, 1.807) is 42.5 Å². The maximum atomic E-state index is 13.1. The predicted octanol–water partition coefficient (Wildman–Crippen LogP) is 5.33. The summed E-state index contributed by atoms with van der Waals surface area (Å²) in [6.07, 6.45) is -0.425. The minimum absolute atomic E-state index is 0.295. The maximum absolute atomic E-state index is 13.1. The fourth-order valence-electron chi connectivity index (χ4n) is 3.83. The first-order valence-electron chi connectivity index (χ1n) is 11.4. The second kappa shape index (κ2) is 10.7. The molecule has 1 aliphatic heterocycles. The van der Waals surface area contributed by atoms with Gasteiger partial charge in [0.25, 0.3) is 0 Å². The Labute approximate surface area is 206 Å². The number of likely N-dealkylation sites (tertiary alicyclic amines) is 1. The summed E-state index contributed by atoms with van der Waals surface area (Å²) in [5, 5.41) is 5.44. The van der Waals surface area contributed by atoms with E-state index in [2.05, 4.69) is 10.6 Å². The van der Waals surface area contributed by atoms with E-state index >= 15 is 0 Å². The Bertz CT molecular complexity index is 1250. The van der Waals surface area contributed by atoms with Crippen LogP contribution >= 0.6 is 0 Å². The number of benzene rings is 3. The van der Waals surface area contributed by atoms with Crippen LogP contribution < -0.4 is 16.4 Å². The van der Waals surface area contributed by atoms with Gasteiger partial charge in [0.15, 0.2) is 0 Å². The molecule has 3 aromatic carbocycles. The van der Waals surface area contributed by atoms with Crippen LogP contribution in [-0.4, -0.2) is 29.8 Å². The molecule has 186 valence electrons. The lowest BCUT2D eigenvalue weighted by Crippen LogP contribution is -2.45. The molecule has 1 fully saturated rings. The van der Waals surface area contributed by atoms with Crippen LogP contribution in [0.3, 0.4) is 0 Å². The van der Waals surface area contributed by atoms with Crippen LogP contribution in [-0.2, 0) is 15.8 Å². The van der Waals surface area contributed by atoms with Gasteiger partial charge < -0.3 is 16.4 Å². The molecule has 1 atom stereocenters. The average molecular weight is 495 g/mol. The lowest BCUT2D eigenvalue weighted by atomic mass is 9.99. The molecule has 1 saturated heterocycles. The third-order valence-corrected chi connectivity index (χ3v) is 5.88. The lowest BCUT2D eigenvalue weighted by Gasteiger charge is -2.37. The molecule has 4 rings (SSSR count). The second-order valence-corrected chi connectivity index (χ2v) is 8.43.